The first-order valence-electron chi connectivity index (χ1n) is 11.5. The fourth-order valence-electron chi connectivity index (χ4n) is 4.30. The molecule has 4 rings (SSSR count). The summed E-state index contributed by atoms with van der Waals surface area (Å²) >= 11 is 0. The van der Waals surface area contributed by atoms with Crippen LogP contribution in [0, 0.1) is 0 Å². The van der Waals surface area contributed by atoms with Crippen molar-refractivity contribution in [1.29, 1.82) is 0 Å². The molecule has 2 heterocycles. The Bertz CT molecular complexity index is 1140. The van der Waals surface area contributed by atoms with Gasteiger partial charge in [-0.1, -0.05) is 12.8 Å². The molecule has 2 saturated heterocycles. The number of benzene rings is 2. The molecule has 2 aromatic rings. The third kappa shape index (κ3) is 5.75. The van der Waals surface area contributed by atoms with Crippen LogP contribution in [0.1, 0.15) is 46.4 Å². The van der Waals surface area contributed by atoms with Crippen LogP contribution in [0.5, 0.6) is 0 Å². The molecule has 0 aromatic heterocycles. The fraction of sp³-hybridized carbons (Fsp3) is 0.417. The van der Waals surface area contributed by atoms with E-state index in [1.54, 1.807) is 30.3 Å². The number of nitrogens with zero attached hydrogens (tertiary/aromatic N) is 2. The number of amides is 2. The molecule has 182 valence electrons. The van der Waals surface area contributed by atoms with Crippen molar-refractivity contribution in [3.05, 3.63) is 53.6 Å². The molecule has 10 heteroatoms. The number of nitrogens with two attached hydrogens (primary N) is 1. The number of anilines is 2. The SMILES string of the molecule is NS(=O)(=O)c1ccc(N2CCOCC2)c(C(=O)Nc2ccc(C(=O)N3CCCCCC3)cc2)c1. The van der Waals surface area contributed by atoms with E-state index in [0.29, 0.717) is 43.2 Å². The molecule has 2 fully saturated rings. The van der Waals surface area contributed by atoms with Gasteiger partial charge in [0.2, 0.25) is 10.0 Å². The van der Waals surface area contributed by atoms with Gasteiger partial charge in [-0.3, -0.25) is 9.59 Å². The number of primary sulfonamides is 1. The lowest BCUT2D eigenvalue weighted by Gasteiger charge is -2.30. The average Bonchev–Trinajstić information content (AvgIpc) is 3.13. The summed E-state index contributed by atoms with van der Waals surface area (Å²) in [5.41, 5.74) is 1.90. The minimum Gasteiger partial charge on any atom is -0.378 e. The van der Waals surface area contributed by atoms with E-state index in [0.717, 1.165) is 38.8 Å². The van der Waals surface area contributed by atoms with E-state index in [4.69, 9.17) is 9.88 Å². The Morgan fingerprint density at radius 3 is 2.15 bits per heavy atom. The van der Waals surface area contributed by atoms with Gasteiger partial charge >= 0.3 is 0 Å². The summed E-state index contributed by atoms with van der Waals surface area (Å²) in [5, 5.41) is 8.11. The highest BCUT2D eigenvalue weighted by Gasteiger charge is 2.22. The first-order valence-corrected chi connectivity index (χ1v) is 13.1. The van der Waals surface area contributed by atoms with Gasteiger partial charge in [-0.25, -0.2) is 13.6 Å². The standard InChI is InChI=1S/C24H30N4O5S/c25-34(31,32)20-9-10-22(27-13-15-33-16-14-27)21(17-20)23(29)26-19-7-5-18(6-8-19)24(30)28-11-3-1-2-4-12-28/h5-10,17H,1-4,11-16H2,(H,26,29)(H2,25,31,32). The highest BCUT2D eigenvalue weighted by atomic mass is 32.2. The van der Waals surface area contributed by atoms with E-state index in [2.05, 4.69) is 5.32 Å². The second kappa shape index (κ2) is 10.5. The highest BCUT2D eigenvalue weighted by molar-refractivity contribution is 7.89. The van der Waals surface area contributed by atoms with Crippen LogP contribution in [0.15, 0.2) is 47.4 Å². The predicted octanol–water partition coefficient (Wildman–Crippen LogP) is 2.44. The Morgan fingerprint density at radius 2 is 1.53 bits per heavy atom. The van der Waals surface area contributed by atoms with Crippen molar-refractivity contribution in [2.45, 2.75) is 30.6 Å². The number of ether oxygens (including phenoxy) is 1. The van der Waals surface area contributed by atoms with E-state index in [9.17, 15) is 18.0 Å². The summed E-state index contributed by atoms with van der Waals surface area (Å²) in [4.78, 5) is 29.7. The maximum Gasteiger partial charge on any atom is 0.257 e. The molecule has 0 aliphatic carbocycles. The number of carbonyl (C=O) groups is 2. The maximum atomic E-state index is 13.2. The second-order valence-corrected chi connectivity index (χ2v) is 10.1. The monoisotopic (exact) mass is 486 g/mol. The van der Waals surface area contributed by atoms with Gasteiger partial charge in [-0.05, 0) is 55.3 Å². The summed E-state index contributed by atoms with van der Waals surface area (Å²) in [6.07, 6.45) is 4.33. The molecule has 0 radical (unpaired) electrons. The van der Waals surface area contributed by atoms with E-state index in [1.807, 2.05) is 9.80 Å². The van der Waals surface area contributed by atoms with Crippen LogP contribution in [0.2, 0.25) is 0 Å². The molecule has 3 N–H and O–H groups in total. The van der Waals surface area contributed by atoms with E-state index < -0.39 is 15.9 Å². The zero-order valence-electron chi connectivity index (χ0n) is 19.0. The van der Waals surface area contributed by atoms with Crippen molar-refractivity contribution in [3.8, 4) is 0 Å². The Hall–Kier alpha value is -2.95. The second-order valence-electron chi connectivity index (χ2n) is 8.56. The predicted molar refractivity (Wildman–Crippen MR) is 130 cm³/mol. The topological polar surface area (TPSA) is 122 Å². The van der Waals surface area contributed by atoms with E-state index >= 15 is 0 Å². The first-order chi connectivity index (χ1) is 16.3. The summed E-state index contributed by atoms with van der Waals surface area (Å²) in [6, 6.07) is 11.1. The van der Waals surface area contributed by atoms with Gasteiger partial charge in [0.1, 0.15) is 0 Å². The minimum atomic E-state index is -3.97. The van der Waals surface area contributed by atoms with E-state index in [-0.39, 0.29) is 16.4 Å². The van der Waals surface area contributed by atoms with Crippen molar-refractivity contribution in [3.63, 3.8) is 0 Å². The Labute approximate surface area is 199 Å². The van der Waals surface area contributed by atoms with Gasteiger partial charge in [0.25, 0.3) is 11.8 Å². The number of carbonyl (C=O) groups excluding carboxylic acids is 2. The molecule has 0 unspecified atom stereocenters. The van der Waals surface area contributed by atoms with Gasteiger partial charge in [-0.2, -0.15) is 0 Å². The molecule has 0 saturated carbocycles. The quantitative estimate of drug-likeness (QED) is 0.669. The number of rotatable bonds is 5. The van der Waals surface area contributed by atoms with Crippen LogP contribution in [0.4, 0.5) is 11.4 Å². The number of likely N-dealkylation sites (tertiary alicyclic amines) is 1. The number of morpholine rings is 1. The normalized spacial score (nSPS) is 17.2. The van der Waals surface area contributed by atoms with Gasteiger partial charge in [0, 0.05) is 43.1 Å². The summed E-state index contributed by atoms with van der Waals surface area (Å²) in [7, 11) is -3.97. The molecular weight excluding hydrogens is 456 g/mol. The third-order valence-corrected chi connectivity index (χ3v) is 7.09. The number of nitrogens with one attached hydrogen (secondary N) is 1. The van der Waals surface area contributed by atoms with Crippen molar-refractivity contribution >= 4 is 33.2 Å². The van der Waals surface area contributed by atoms with Crippen molar-refractivity contribution in [1.82, 2.24) is 4.90 Å². The lowest BCUT2D eigenvalue weighted by atomic mass is 10.1. The van der Waals surface area contributed by atoms with Gasteiger partial charge < -0.3 is 19.9 Å². The number of hydrogen-bond donors (Lipinski definition) is 2. The largest absolute Gasteiger partial charge is 0.378 e. The number of sulfonamides is 1. The van der Waals surface area contributed by atoms with Crippen LogP contribution in [-0.2, 0) is 14.8 Å². The lowest BCUT2D eigenvalue weighted by Crippen LogP contribution is -2.37. The molecule has 0 spiro atoms. The Morgan fingerprint density at radius 1 is 0.882 bits per heavy atom. The maximum absolute atomic E-state index is 13.2. The smallest absolute Gasteiger partial charge is 0.257 e. The first kappa shape index (κ1) is 24.2. The molecule has 0 atom stereocenters. The molecule has 2 aliphatic rings. The van der Waals surface area contributed by atoms with Crippen molar-refractivity contribution in [2.24, 2.45) is 5.14 Å². The molecule has 2 amide bonds. The van der Waals surface area contributed by atoms with Gasteiger partial charge in [-0.15, -0.1) is 0 Å². The summed E-state index contributed by atoms with van der Waals surface area (Å²) < 4.78 is 29.2. The third-order valence-electron chi connectivity index (χ3n) is 6.18. The Kier molecular flexibility index (Phi) is 7.50. The van der Waals surface area contributed by atoms with Gasteiger partial charge in [0.15, 0.2) is 0 Å². The molecule has 2 aromatic carbocycles. The lowest BCUT2D eigenvalue weighted by molar-refractivity contribution is 0.0761. The Balaban J connectivity index is 1.53. The van der Waals surface area contributed by atoms with Crippen LogP contribution >= 0.6 is 0 Å². The van der Waals surface area contributed by atoms with Crippen LogP contribution < -0.4 is 15.4 Å². The number of hydrogen-bond acceptors (Lipinski definition) is 6. The zero-order valence-corrected chi connectivity index (χ0v) is 19.9. The highest BCUT2D eigenvalue weighted by Crippen LogP contribution is 2.26. The van der Waals surface area contributed by atoms with E-state index in [1.165, 1.54) is 12.1 Å². The summed E-state index contributed by atoms with van der Waals surface area (Å²) in [5.74, 6) is -0.464. The minimum absolute atomic E-state index is 0.00441. The van der Waals surface area contributed by atoms with Crippen molar-refractivity contribution in [2.75, 3.05) is 49.6 Å². The zero-order chi connectivity index (χ0) is 24.1. The fourth-order valence-corrected chi connectivity index (χ4v) is 4.84. The van der Waals surface area contributed by atoms with Crippen molar-refractivity contribution < 1.29 is 22.7 Å². The molecular formula is C24H30N4O5S. The molecule has 2 aliphatic heterocycles. The van der Waals surface area contributed by atoms with Crippen LogP contribution in [-0.4, -0.2) is 64.5 Å². The molecule has 34 heavy (non-hydrogen) atoms. The molecule has 0 bridgehead atoms. The van der Waals surface area contributed by atoms with Crippen LogP contribution in [0.25, 0.3) is 0 Å². The summed E-state index contributed by atoms with van der Waals surface area (Å²) in [6.45, 7) is 3.74. The average molecular weight is 487 g/mol. The molecule has 9 nitrogen and oxygen atoms in total. The van der Waals surface area contributed by atoms with Crippen LogP contribution in [0.3, 0.4) is 0 Å². The van der Waals surface area contributed by atoms with Gasteiger partial charge in [0.05, 0.1) is 23.7 Å².